The fraction of sp³-hybridized carbons (Fsp3) is 0.250. The minimum Gasteiger partial charge on any atom is -0.454 e. The standard InChI is InChI=1S/C20H17Br2N3O3/c1-20(2,3)19-24-15-5-4-12(21)7-13(15)18(26)25(19)23-9-11-6-16-17(8-14(11)22)28-10-27-16/h4-9H,10H2,1-3H3. The van der Waals surface area contributed by atoms with Crippen molar-refractivity contribution < 1.29 is 9.47 Å². The topological polar surface area (TPSA) is 65.7 Å². The Kier molecular flexibility index (Phi) is 4.79. The second kappa shape index (κ2) is 7.00. The summed E-state index contributed by atoms with van der Waals surface area (Å²) in [7, 11) is 0. The number of nitrogens with zero attached hydrogens (tertiary/aromatic N) is 3. The average molecular weight is 507 g/mol. The third-order valence-electron chi connectivity index (χ3n) is 4.28. The van der Waals surface area contributed by atoms with Gasteiger partial charge in [-0.1, -0.05) is 36.7 Å². The van der Waals surface area contributed by atoms with Crippen LogP contribution in [-0.4, -0.2) is 22.7 Å². The molecule has 0 saturated carbocycles. The molecule has 6 nitrogen and oxygen atoms in total. The molecule has 0 saturated heterocycles. The fourth-order valence-electron chi connectivity index (χ4n) is 2.89. The highest BCUT2D eigenvalue weighted by Gasteiger charge is 2.23. The normalized spacial score (nSPS) is 13.6. The summed E-state index contributed by atoms with van der Waals surface area (Å²) >= 11 is 6.93. The van der Waals surface area contributed by atoms with Gasteiger partial charge in [0, 0.05) is 19.9 Å². The summed E-state index contributed by atoms with van der Waals surface area (Å²) in [6.45, 7) is 6.20. The molecule has 1 aliphatic heterocycles. The van der Waals surface area contributed by atoms with Crippen LogP contribution in [0.15, 0.2) is 49.2 Å². The number of benzene rings is 2. The summed E-state index contributed by atoms with van der Waals surface area (Å²) in [6, 6.07) is 9.12. The largest absolute Gasteiger partial charge is 0.454 e. The van der Waals surface area contributed by atoms with Gasteiger partial charge >= 0.3 is 0 Å². The summed E-state index contributed by atoms with van der Waals surface area (Å²) in [5, 5.41) is 4.99. The maximum atomic E-state index is 13.2. The van der Waals surface area contributed by atoms with Crippen molar-refractivity contribution in [2.24, 2.45) is 5.10 Å². The van der Waals surface area contributed by atoms with Gasteiger partial charge in [0.05, 0.1) is 17.1 Å². The van der Waals surface area contributed by atoms with Gasteiger partial charge in [-0.15, -0.1) is 0 Å². The van der Waals surface area contributed by atoms with Crippen molar-refractivity contribution in [3.63, 3.8) is 0 Å². The first-order valence-corrected chi connectivity index (χ1v) is 10.2. The average Bonchev–Trinajstić information content (AvgIpc) is 3.07. The molecule has 28 heavy (non-hydrogen) atoms. The Morgan fingerprint density at radius 2 is 1.86 bits per heavy atom. The van der Waals surface area contributed by atoms with E-state index in [4.69, 9.17) is 14.5 Å². The number of aromatic nitrogens is 2. The summed E-state index contributed by atoms with van der Waals surface area (Å²) < 4.78 is 13.8. The van der Waals surface area contributed by atoms with Crippen LogP contribution >= 0.6 is 31.9 Å². The van der Waals surface area contributed by atoms with E-state index in [1.165, 1.54) is 4.68 Å². The van der Waals surface area contributed by atoms with E-state index in [2.05, 4.69) is 37.0 Å². The van der Waals surface area contributed by atoms with Crippen molar-refractivity contribution in [2.45, 2.75) is 26.2 Å². The second-order valence-corrected chi connectivity index (χ2v) is 9.21. The third kappa shape index (κ3) is 3.46. The quantitative estimate of drug-likeness (QED) is 0.467. The van der Waals surface area contributed by atoms with Crippen molar-refractivity contribution in [3.05, 3.63) is 61.0 Å². The number of ether oxygens (including phenoxy) is 2. The van der Waals surface area contributed by atoms with Crippen LogP contribution in [-0.2, 0) is 5.41 Å². The number of hydrogen-bond acceptors (Lipinski definition) is 5. The van der Waals surface area contributed by atoms with Crippen LogP contribution in [0.5, 0.6) is 11.5 Å². The fourth-order valence-corrected chi connectivity index (χ4v) is 3.68. The van der Waals surface area contributed by atoms with Gasteiger partial charge < -0.3 is 9.47 Å². The van der Waals surface area contributed by atoms with E-state index in [0.29, 0.717) is 28.2 Å². The van der Waals surface area contributed by atoms with E-state index in [1.54, 1.807) is 12.3 Å². The Bertz CT molecular complexity index is 1180. The number of fused-ring (bicyclic) bond motifs is 2. The first kappa shape index (κ1) is 19.1. The molecule has 0 amide bonds. The van der Waals surface area contributed by atoms with Gasteiger partial charge in [-0.05, 0) is 46.3 Å². The molecule has 144 valence electrons. The Hall–Kier alpha value is -2.19. The van der Waals surface area contributed by atoms with Gasteiger partial charge in [0.15, 0.2) is 11.5 Å². The van der Waals surface area contributed by atoms with Crippen LogP contribution in [0.25, 0.3) is 10.9 Å². The molecule has 0 atom stereocenters. The van der Waals surface area contributed by atoms with Crippen molar-refractivity contribution in [2.75, 3.05) is 6.79 Å². The van der Waals surface area contributed by atoms with Crippen LogP contribution in [0.1, 0.15) is 32.2 Å². The molecule has 2 heterocycles. The summed E-state index contributed by atoms with van der Waals surface area (Å²) in [4.78, 5) is 17.9. The van der Waals surface area contributed by atoms with Crippen LogP contribution in [0, 0.1) is 0 Å². The zero-order valence-electron chi connectivity index (χ0n) is 15.5. The van der Waals surface area contributed by atoms with Gasteiger partial charge in [0.1, 0.15) is 5.82 Å². The molecule has 0 unspecified atom stereocenters. The lowest BCUT2D eigenvalue weighted by molar-refractivity contribution is 0.174. The maximum Gasteiger partial charge on any atom is 0.282 e. The van der Waals surface area contributed by atoms with Gasteiger partial charge in [0.2, 0.25) is 6.79 Å². The molecule has 8 heteroatoms. The molecule has 4 rings (SSSR count). The van der Waals surface area contributed by atoms with Crippen molar-refractivity contribution in [1.29, 1.82) is 0 Å². The highest BCUT2D eigenvalue weighted by molar-refractivity contribution is 9.10. The molecule has 0 fully saturated rings. The highest BCUT2D eigenvalue weighted by Crippen LogP contribution is 2.36. The summed E-state index contributed by atoms with van der Waals surface area (Å²) in [5.74, 6) is 1.91. The Labute approximate surface area is 178 Å². The van der Waals surface area contributed by atoms with E-state index in [0.717, 1.165) is 14.5 Å². The molecule has 0 aliphatic carbocycles. The van der Waals surface area contributed by atoms with E-state index in [1.807, 2.05) is 45.0 Å². The van der Waals surface area contributed by atoms with E-state index in [-0.39, 0.29) is 17.8 Å². The molecule has 0 N–H and O–H groups in total. The lowest BCUT2D eigenvalue weighted by Gasteiger charge is -2.20. The first-order chi connectivity index (χ1) is 13.2. The molecule has 2 aromatic carbocycles. The molecule has 3 aromatic rings. The molecule has 0 radical (unpaired) electrons. The molecule has 1 aliphatic rings. The second-order valence-electron chi connectivity index (χ2n) is 7.44. The van der Waals surface area contributed by atoms with Gasteiger partial charge in [0.25, 0.3) is 5.56 Å². The summed E-state index contributed by atoms with van der Waals surface area (Å²) in [6.07, 6.45) is 1.62. The van der Waals surface area contributed by atoms with E-state index in [9.17, 15) is 4.79 Å². The highest BCUT2D eigenvalue weighted by atomic mass is 79.9. The zero-order valence-corrected chi connectivity index (χ0v) is 18.7. The van der Waals surface area contributed by atoms with E-state index >= 15 is 0 Å². The van der Waals surface area contributed by atoms with Gasteiger partial charge in [-0.3, -0.25) is 4.79 Å². The Morgan fingerprint density at radius 3 is 2.57 bits per heavy atom. The lowest BCUT2D eigenvalue weighted by atomic mass is 9.95. The molecular weight excluding hydrogens is 490 g/mol. The minimum atomic E-state index is -0.371. The first-order valence-electron chi connectivity index (χ1n) is 8.60. The third-order valence-corrected chi connectivity index (χ3v) is 5.46. The molecule has 0 bridgehead atoms. The molecule has 1 aromatic heterocycles. The predicted molar refractivity (Wildman–Crippen MR) is 116 cm³/mol. The van der Waals surface area contributed by atoms with Gasteiger partial charge in [-0.25, -0.2) is 4.98 Å². The smallest absolute Gasteiger partial charge is 0.282 e. The monoisotopic (exact) mass is 505 g/mol. The Balaban J connectivity index is 1.89. The van der Waals surface area contributed by atoms with Crippen LogP contribution in [0.2, 0.25) is 0 Å². The minimum absolute atomic E-state index is 0.194. The van der Waals surface area contributed by atoms with Crippen molar-refractivity contribution in [1.82, 2.24) is 9.66 Å². The van der Waals surface area contributed by atoms with Crippen LogP contribution in [0.3, 0.4) is 0 Å². The summed E-state index contributed by atoms with van der Waals surface area (Å²) in [5.41, 5.74) is 0.827. The van der Waals surface area contributed by atoms with Crippen LogP contribution < -0.4 is 15.0 Å². The Morgan fingerprint density at radius 1 is 1.14 bits per heavy atom. The van der Waals surface area contributed by atoms with Crippen molar-refractivity contribution >= 4 is 49.0 Å². The zero-order chi connectivity index (χ0) is 20.1. The number of rotatable bonds is 2. The molecular formula is C20H17Br2N3O3. The SMILES string of the molecule is CC(C)(C)c1nc2ccc(Br)cc2c(=O)n1N=Cc1cc2c(cc1Br)OCO2. The van der Waals surface area contributed by atoms with Gasteiger partial charge in [-0.2, -0.15) is 9.78 Å². The van der Waals surface area contributed by atoms with Crippen molar-refractivity contribution in [3.8, 4) is 11.5 Å². The molecule has 0 spiro atoms. The van der Waals surface area contributed by atoms with E-state index < -0.39 is 0 Å². The maximum absolute atomic E-state index is 13.2. The predicted octanol–water partition coefficient (Wildman–Crippen LogP) is 4.83. The van der Waals surface area contributed by atoms with Crippen LogP contribution in [0.4, 0.5) is 0 Å². The number of halogens is 2. The number of hydrogen-bond donors (Lipinski definition) is 0. The lowest BCUT2D eigenvalue weighted by Crippen LogP contribution is -2.29.